The average molecular weight is 443 g/mol. The Morgan fingerprint density at radius 1 is 0.647 bits per heavy atom. The Kier molecular flexibility index (Phi) is 4.35. The zero-order chi connectivity index (χ0) is 23.8. The van der Waals surface area contributed by atoms with Crippen LogP contribution < -0.4 is 11.5 Å². The van der Waals surface area contributed by atoms with Crippen LogP contribution in [0, 0.1) is 27.7 Å². The van der Waals surface area contributed by atoms with E-state index >= 15 is 0 Å². The fourth-order valence-corrected chi connectivity index (χ4v) is 6.20. The van der Waals surface area contributed by atoms with Gasteiger partial charge < -0.3 is 11.5 Å². The Labute approximate surface area is 202 Å². The first-order chi connectivity index (χ1) is 16.3. The van der Waals surface area contributed by atoms with Gasteiger partial charge in [0, 0.05) is 11.4 Å². The van der Waals surface area contributed by atoms with Gasteiger partial charge in [-0.2, -0.15) is 0 Å². The maximum absolute atomic E-state index is 6.44. The summed E-state index contributed by atoms with van der Waals surface area (Å²) in [6.07, 6.45) is 5.50. The molecule has 2 heteroatoms. The summed E-state index contributed by atoms with van der Waals surface area (Å²) in [5.74, 6) is 0. The summed E-state index contributed by atoms with van der Waals surface area (Å²) in [6, 6.07) is 22.9. The number of hydrogen-bond acceptors (Lipinski definition) is 2. The molecule has 0 heterocycles. The molecule has 0 atom stereocenters. The number of nitrogens with two attached hydrogens (primary N) is 2. The van der Waals surface area contributed by atoms with E-state index in [1.807, 2.05) is 0 Å². The molecule has 0 amide bonds. The van der Waals surface area contributed by atoms with Gasteiger partial charge in [0.05, 0.1) is 5.41 Å². The fourth-order valence-electron chi connectivity index (χ4n) is 6.20. The summed E-state index contributed by atoms with van der Waals surface area (Å²) in [6.45, 7) is 8.47. The van der Waals surface area contributed by atoms with Crippen LogP contribution in [-0.4, -0.2) is 0 Å². The van der Waals surface area contributed by atoms with E-state index < -0.39 is 5.41 Å². The van der Waals surface area contributed by atoms with Gasteiger partial charge in [-0.1, -0.05) is 66.7 Å². The van der Waals surface area contributed by atoms with E-state index in [0.717, 1.165) is 40.0 Å². The molecular weight excluding hydrogens is 412 g/mol. The molecule has 0 bridgehead atoms. The molecule has 0 radical (unpaired) electrons. The molecule has 0 saturated carbocycles. The Balaban J connectivity index is 1.82. The topological polar surface area (TPSA) is 52.0 Å². The van der Waals surface area contributed by atoms with Crippen molar-refractivity contribution in [3.63, 3.8) is 0 Å². The number of hydrogen-bond donors (Lipinski definition) is 2. The van der Waals surface area contributed by atoms with E-state index in [0.29, 0.717) is 0 Å². The third-order valence-corrected chi connectivity index (χ3v) is 7.99. The normalized spacial score (nSPS) is 14.7. The van der Waals surface area contributed by atoms with Gasteiger partial charge in [-0.25, -0.2) is 0 Å². The highest BCUT2D eigenvalue weighted by Gasteiger charge is 2.47. The Morgan fingerprint density at radius 3 is 1.79 bits per heavy atom. The smallest absolute Gasteiger partial charge is 0.0714 e. The second-order valence-electron chi connectivity index (χ2n) is 10.0. The van der Waals surface area contributed by atoms with Gasteiger partial charge in [-0.15, -0.1) is 0 Å². The first kappa shape index (κ1) is 20.8. The summed E-state index contributed by atoms with van der Waals surface area (Å²) < 4.78 is 0. The maximum Gasteiger partial charge on any atom is 0.0714 e. The molecule has 0 unspecified atom stereocenters. The van der Waals surface area contributed by atoms with Crippen LogP contribution in [0.15, 0.2) is 66.7 Å². The van der Waals surface area contributed by atoms with Gasteiger partial charge in [0.25, 0.3) is 0 Å². The van der Waals surface area contributed by atoms with E-state index in [1.165, 1.54) is 44.5 Å². The molecule has 0 spiro atoms. The van der Waals surface area contributed by atoms with Gasteiger partial charge in [0.1, 0.15) is 0 Å². The molecule has 0 fully saturated rings. The predicted octanol–water partition coefficient (Wildman–Crippen LogP) is 7.02. The third-order valence-electron chi connectivity index (χ3n) is 7.99. The maximum atomic E-state index is 6.44. The number of anilines is 2. The first-order valence-corrected chi connectivity index (χ1v) is 12.0. The van der Waals surface area contributed by atoms with Crippen LogP contribution in [0.3, 0.4) is 0 Å². The summed E-state index contributed by atoms with van der Waals surface area (Å²) in [5, 5.41) is 0. The van der Waals surface area contributed by atoms with Crippen LogP contribution in [0.2, 0.25) is 0 Å². The molecule has 2 aliphatic carbocycles. The molecule has 34 heavy (non-hydrogen) atoms. The Hall–Kier alpha value is -3.78. The lowest BCUT2D eigenvalue weighted by atomic mass is 9.66. The standard InChI is InChI=1S/C32H30N2/c1-18-12-24(13-19(2)30(18)33)32(25-14-20(3)31(34)21(4)15-25)28-11-6-5-10-26(28)27-16-22-8-7-9-23(22)17-29(27)32/h5-8,10-17H,9,33-34H2,1-4H3. The van der Waals surface area contributed by atoms with Crippen LogP contribution in [0.5, 0.6) is 0 Å². The molecule has 2 aliphatic rings. The zero-order valence-corrected chi connectivity index (χ0v) is 20.3. The number of allylic oxidation sites excluding steroid dienone is 1. The van der Waals surface area contributed by atoms with Crippen molar-refractivity contribution in [2.75, 3.05) is 11.5 Å². The SMILES string of the molecule is Cc1cc(C2(c3cc(C)c(N)c(C)c3)c3ccccc3-c3cc4c(cc32)CC=C4)cc(C)c1N. The van der Waals surface area contributed by atoms with Crippen molar-refractivity contribution in [2.24, 2.45) is 0 Å². The van der Waals surface area contributed by atoms with Gasteiger partial charge in [-0.05, 0) is 107 Å². The summed E-state index contributed by atoms with van der Waals surface area (Å²) >= 11 is 0. The molecule has 6 rings (SSSR count). The second kappa shape index (κ2) is 7.11. The molecule has 0 saturated heterocycles. The number of fused-ring (bicyclic) bond motifs is 4. The molecule has 0 aromatic heterocycles. The van der Waals surface area contributed by atoms with Crippen LogP contribution >= 0.6 is 0 Å². The number of rotatable bonds is 2. The number of aryl methyl sites for hydroxylation is 4. The van der Waals surface area contributed by atoms with Crippen LogP contribution in [0.25, 0.3) is 17.2 Å². The highest BCUT2D eigenvalue weighted by atomic mass is 14.6. The third kappa shape index (κ3) is 2.63. The van der Waals surface area contributed by atoms with Crippen LogP contribution in [0.4, 0.5) is 11.4 Å². The number of nitrogen functional groups attached to an aromatic ring is 2. The van der Waals surface area contributed by atoms with Crippen molar-refractivity contribution in [3.8, 4) is 11.1 Å². The van der Waals surface area contributed by atoms with Gasteiger partial charge in [0.15, 0.2) is 0 Å². The van der Waals surface area contributed by atoms with E-state index in [9.17, 15) is 0 Å². The molecule has 168 valence electrons. The lowest BCUT2D eigenvalue weighted by molar-refractivity contribution is 0.763. The number of benzene rings is 4. The van der Waals surface area contributed by atoms with Crippen molar-refractivity contribution in [2.45, 2.75) is 39.5 Å². The molecule has 2 nitrogen and oxygen atoms in total. The van der Waals surface area contributed by atoms with E-state index in [1.54, 1.807) is 0 Å². The van der Waals surface area contributed by atoms with Crippen molar-refractivity contribution >= 4 is 17.5 Å². The van der Waals surface area contributed by atoms with Crippen LogP contribution in [0.1, 0.15) is 55.6 Å². The quantitative estimate of drug-likeness (QED) is 0.289. The average Bonchev–Trinajstić information content (AvgIpc) is 3.39. The predicted molar refractivity (Wildman–Crippen MR) is 144 cm³/mol. The van der Waals surface area contributed by atoms with E-state index in [4.69, 9.17) is 11.5 Å². The Bertz CT molecular complexity index is 1430. The van der Waals surface area contributed by atoms with Crippen molar-refractivity contribution in [3.05, 3.63) is 122 Å². The minimum absolute atomic E-state index is 0.435. The van der Waals surface area contributed by atoms with Crippen molar-refractivity contribution in [1.82, 2.24) is 0 Å². The highest BCUT2D eigenvalue weighted by molar-refractivity contribution is 5.89. The molecule has 4 aromatic rings. The fraction of sp³-hybridized carbons (Fsp3) is 0.188. The minimum Gasteiger partial charge on any atom is -0.398 e. The van der Waals surface area contributed by atoms with Gasteiger partial charge in [-0.3, -0.25) is 0 Å². The molecular formula is C32H30N2. The van der Waals surface area contributed by atoms with Crippen molar-refractivity contribution in [1.29, 1.82) is 0 Å². The van der Waals surface area contributed by atoms with Gasteiger partial charge in [0.2, 0.25) is 0 Å². The lowest BCUT2D eigenvalue weighted by Crippen LogP contribution is -2.29. The Morgan fingerprint density at radius 2 is 1.21 bits per heavy atom. The molecule has 4 N–H and O–H groups in total. The summed E-state index contributed by atoms with van der Waals surface area (Å²) in [4.78, 5) is 0. The lowest BCUT2D eigenvalue weighted by Gasteiger charge is -2.35. The van der Waals surface area contributed by atoms with Crippen LogP contribution in [-0.2, 0) is 11.8 Å². The monoisotopic (exact) mass is 442 g/mol. The minimum atomic E-state index is -0.435. The molecule has 4 aromatic carbocycles. The van der Waals surface area contributed by atoms with E-state index in [2.05, 4.69) is 101 Å². The largest absolute Gasteiger partial charge is 0.398 e. The zero-order valence-electron chi connectivity index (χ0n) is 20.3. The highest BCUT2D eigenvalue weighted by Crippen LogP contribution is 2.57. The second-order valence-corrected chi connectivity index (χ2v) is 10.0. The van der Waals surface area contributed by atoms with Gasteiger partial charge >= 0.3 is 0 Å². The summed E-state index contributed by atoms with van der Waals surface area (Å²) in [5.41, 5.74) is 29.2. The van der Waals surface area contributed by atoms with Crippen molar-refractivity contribution < 1.29 is 0 Å². The molecule has 0 aliphatic heterocycles. The summed E-state index contributed by atoms with van der Waals surface area (Å²) in [7, 11) is 0. The van der Waals surface area contributed by atoms with E-state index in [-0.39, 0.29) is 0 Å². The first-order valence-electron chi connectivity index (χ1n) is 12.0.